The molecule has 5 heteroatoms. The highest BCUT2D eigenvalue weighted by Crippen LogP contribution is 2.25. The van der Waals surface area contributed by atoms with Gasteiger partial charge in [0.15, 0.2) is 0 Å². The summed E-state index contributed by atoms with van der Waals surface area (Å²) >= 11 is 0. The van der Waals surface area contributed by atoms with Crippen molar-refractivity contribution >= 4 is 17.5 Å². The van der Waals surface area contributed by atoms with Gasteiger partial charge in [-0.15, -0.1) is 0 Å². The van der Waals surface area contributed by atoms with Gasteiger partial charge in [-0.25, -0.2) is 4.90 Å². The molecule has 1 aliphatic heterocycles. The molecule has 0 radical (unpaired) electrons. The molecule has 0 aliphatic carbocycles. The van der Waals surface area contributed by atoms with Crippen molar-refractivity contribution in [1.82, 2.24) is 5.32 Å². The monoisotopic (exact) mass is 366 g/mol. The normalized spacial score (nSPS) is 16.8. The van der Waals surface area contributed by atoms with Crippen molar-refractivity contribution < 1.29 is 14.3 Å². The minimum Gasteiger partial charge on any atom is -0.494 e. The van der Waals surface area contributed by atoms with Crippen molar-refractivity contribution in [3.8, 4) is 5.75 Å². The third-order valence-electron chi connectivity index (χ3n) is 4.59. The molecule has 142 valence electrons. The second-order valence-corrected chi connectivity index (χ2v) is 6.71. The van der Waals surface area contributed by atoms with Crippen molar-refractivity contribution in [2.45, 2.75) is 38.6 Å². The molecule has 0 aromatic heterocycles. The van der Waals surface area contributed by atoms with Crippen LogP contribution in [-0.2, 0) is 16.0 Å². The summed E-state index contributed by atoms with van der Waals surface area (Å²) < 4.78 is 5.55. The van der Waals surface area contributed by atoms with Crippen LogP contribution in [0.3, 0.4) is 0 Å². The molecule has 2 aromatic carbocycles. The molecular formula is C22H26N2O3. The van der Waals surface area contributed by atoms with Crippen molar-refractivity contribution in [3.63, 3.8) is 0 Å². The third kappa shape index (κ3) is 4.95. The Balaban J connectivity index is 1.52. The molecule has 27 heavy (non-hydrogen) atoms. The number of carbonyl (C=O) groups excluding carboxylic acids is 2. The van der Waals surface area contributed by atoms with Crippen LogP contribution in [-0.4, -0.2) is 31.0 Å². The predicted molar refractivity (Wildman–Crippen MR) is 106 cm³/mol. The lowest BCUT2D eigenvalue weighted by molar-refractivity contribution is -0.121. The van der Waals surface area contributed by atoms with Crippen molar-refractivity contribution in [3.05, 3.63) is 60.2 Å². The van der Waals surface area contributed by atoms with Crippen LogP contribution in [0.1, 0.15) is 31.7 Å². The Bertz CT molecular complexity index is 759. The van der Waals surface area contributed by atoms with E-state index in [2.05, 4.69) is 17.4 Å². The first kappa shape index (κ1) is 19.1. The number of rotatable bonds is 9. The fourth-order valence-electron chi connectivity index (χ4n) is 3.19. The van der Waals surface area contributed by atoms with Crippen LogP contribution in [0.25, 0.3) is 0 Å². The highest BCUT2D eigenvalue weighted by atomic mass is 16.5. The second kappa shape index (κ2) is 9.33. The number of anilines is 1. The highest BCUT2D eigenvalue weighted by molar-refractivity contribution is 6.22. The van der Waals surface area contributed by atoms with Gasteiger partial charge in [0.1, 0.15) is 5.75 Å². The number of aryl methyl sites for hydroxylation is 1. The summed E-state index contributed by atoms with van der Waals surface area (Å²) in [5.74, 6) is 0.403. The van der Waals surface area contributed by atoms with Gasteiger partial charge in [0.05, 0.1) is 24.8 Å². The molecule has 1 atom stereocenters. The number of nitrogens with zero attached hydrogens (tertiary/aromatic N) is 1. The number of amides is 2. The van der Waals surface area contributed by atoms with Gasteiger partial charge >= 0.3 is 0 Å². The Labute approximate surface area is 160 Å². The Morgan fingerprint density at radius 1 is 1.07 bits per heavy atom. The topological polar surface area (TPSA) is 58.6 Å². The maximum atomic E-state index is 12.6. The van der Waals surface area contributed by atoms with Gasteiger partial charge in [-0.05, 0) is 55.6 Å². The molecule has 5 nitrogen and oxygen atoms in total. The average molecular weight is 366 g/mol. The van der Waals surface area contributed by atoms with E-state index in [4.69, 9.17) is 4.74 Å². The van der Waals surface area contributed by atoms with Crippen LogP contribution < -0.4 is 15.0 Å². The van der Waals surface area contributed by atoms with Gasteiger partial charge in [0, 0.05) is 0 Å². The molecular weight excluding hydrogens is 340 g/mol. The van der Waals surface area contributed by atoms with E-state index >= 15 is 0 Å². The Morgan fingerprint density at radius 3 is 2.52 bits per heavy atom. The van der Waals surface area contributed by atoms with E-state index in [-0.39, 0.29) is 18.2 Å². The lowest BCUT2D eigenvalue weighted by Crippen LogP contribution is -2.39. The summed E-state index contributed by atoms with van der Waals surface area (Å²) in [6.45, 7) is 3.40. The quantitative estimate of drug-likeness (QED) is 0.546. The summed E-state index contributed by atoms with van der Waals surface area (Å²) in [4.78, 5) is 26.3. The number of carbonyl (C=O) groups is 2. The van der Waals surface area contributed by atoms with E-state index in [0.717, 1.165) is 25.0 Å². The summed E-state index contributed by atoms with van der Waals surface area (Å²) in [6, 6.07) is 16.9. The van der Waals surface area contributed by atoms with Gasteiger partial charge in [-0.2, -0.15) is 0 Å². The van der Waals surface area contributed by atoms with Gasteiger partial charge in [-0.3, -0.25) is 9.59 Å². The summed E-state index contributed by atoms with van der Waals surface area (Å²) in [5, 5.41) is 3.23. The number of imide groups is 1. The molecule has 0 saturated carbocycles. The van der Waals surface area contributed by atoms with E-state index in [1.165, 1.54) is 10.5 Å². The minimum absolute atomic E-state index is 0.164. The third-order valence-corrected chi connectivity index (χ3v) is 4.59. The number of benzene rings is 2. The van der Waals surface area contributed by atoms with E-state index in [9.17, 15) is 9.59 Å². The predicted octanol–water partition coefficient (Wildman–Crippen LogP) is 3.33. The van der Waals surface area contributed by atoms with Gasteiger partial charge in [0.2, 0.25) is 5.91 Å². The maximum absolute atomic E-state index is 12.6. The van der Waals surface area contributed by atoms with Crippen LogP contribution in [0.5, 0.6) is 5.75 Å². The first-order valence-corrected chi connectivity index (χ1v) is 9.56. The zero-order valence-corrected chi connectivity index (χ0v) is 15.7. The number of ether oxygens (including phenoxy) is 1. The Hall–Kier alpha value is -2.66. The molecule has 0 spiro atoms. The number of nitrogens with one attached hydrogen (secondary N) is 1. The van der Waals surface area contributed by atoms with E-state index < -0.39 is 6.04 Å². The van der Waals surface area contributed by atoms with E-state index in [0.29, 0.717) is 18.8 Å². The number of hydrogen-bond acceptors (Lipinski definition) is 4. The molecule has 2 aromatic rings. The van der Waals surface area contributed by atoms with Crippen LogP contribution in [0.2, 0.25) is 0 Å². The summed E-state index contributed by atoms with van der Waals surface area (Å²) in [5.41, 5.74) is 1.88. The molecule has 1 fully saturated rings. The first-order chi connectivity index (χ1) is 13.2. The molecule has 0 bridgehead atoms. The molecule has 2 amide bonds. The van der Waals surface area contributed by atoms with Crippen molar-refractivity contribution in [2.75, 3.05) is 18.1 Å². The lowest BCUT2D eigenvalue weighted by Gasteiger charge is -2.16. The van der Waals surface area contributed by atoms with E-state index in [1.54, 1.807) is 24.3 Å². The molecule has 3 rings (SSSR count). The molecule has 1 saturated heterocycles. The van der Waals surface area contributed by atoms with Crippen molar-refractivity contribution in [1.29, 1.82) is 0 Å². The maximum Gasteiger partial charge on any atom is 0.251 e. The van der Waals surface area contributed by atoms with Gasteiger partial charge in [-0.1, -0.05) is 37.3 Å². The molecule has 1 heterocycles. The van der Waals surface area contributed by atoms with E-state index in [1.807, 2.05) is 25.1 Å². The molecule has 1 aliphatic rings. The zero-order valence-electron chi connectivity index (χ0n) is 15.7. The van der Waals surface area contributed by atoms with Crippen LogP contribution in [0, 0.1) is 0 Å². The lowest BCUT2D eigenvalue weighted by atomic mass is 10.1. The Kier molecular flexibility index (Phi) is 6.60. The molecule has 1 unspecified atom stereocenters. The van der Waals surface area contributed by atoms with Gasteiger partial charge < -0.3 is 10.1 Å². The van der Waals surface area contributed by atoms with Gasteiger partial charge in [0.25, 0.3) is 5.91 Å². The van der Waals surface area contributed by atoms with Crippen molar-refractivity contribution in [2.24, 2.45) is 0 Å². The fourth-order valence-corrected chi connectivity index (χ4v) is 3.19. The molecule has 1 N–H and O–H groups in total. The standard InChI is InChI=1S/C22H26N2O3/c1-2-15-27-19-12-10-18(11-13-19)24-21(25)16-20(22(24)26)23-14-6-9-17-7-4-3-5-8-17/h3-5,7-8,10-13,20,23H,2,6,9,14-16H2,1H3. The minimum atomic E-state index is -0.440. The zero-order chi connectivity index (χ0) is 19.1. The fraction of sp³-hybridized carbons (Fsp3) is 0.364. The Morgan fingerprint density at radius 2 is 1.81 bits per heavy atom. The SMILES string of the molecule is CCCOc1ccc(N2C(=O)CC(NCCCc3ccccc3)C2=O)cc1. The largest absolute Gasteiger partial charge is 0.494 e. The van der Waals surface area contributed by atoms with Crippen LogP contribution in [0.15, 0.2) is 54.6 Å². The van der Waals surface area contributed by atoms with Crippen LogP contribution >= 0.6 is 0 Å². The second-order valence-electron chi connectivity index (χ2n) is 6.71. The highest BCUT2D eigenvalue weighted by Gasteiger charge is 2.39. The first-order valence-electron chi connectivity index (χ1n) is 9.56. The summed E-state index contributed by atoms with van der Waals surface area (Å²) in [7, 11) is 0. The average Bonchev–Trinajstić information content (AvgIpc) is 2.98. The number of hydrogen-bond donors (Lipinski definition) is 1. The van der Waals surface area contributed by atoms with Crippen LogP contribution in [0.4, 0.5) is 5.69 Å². The summed E-state index contributed by atoms with van der Waals surface area (Å²) in [6.07, 6.45) is 3.01. The smallest absolute Gasteiger partial charge is 0.251 e.